The predicted octanol–water partition coefficient (Wildman–Crippen LogP) is 0.460. The van der Waals surface area contributed by atoms with E-state index in [4.69, 9.17) is 10.6 Å². The molecule has 2 amide bonds. The van der Waals surface area contributed by atoms with Crippen LogP contribution in [0.2, 0.25) is 0 Å². The summed E-state index contributed by atoms with van der Waals surface area (Å²) in [4.78, 5) is 30.5. The standard InChI is InChI=1S/C12H11F3N4O3/c13-12(14,15)9-2-1-6(4-17-9)11(21)18-5-7-3-8(10(16)20)22-19-7/h1-2,4,8H,3,5H2,(H2,16,20)(H,18,21). The van der Waals surface area contributed by atoms with Gasteiger partial charge in [0.05, 0.1) is 17.8 Å². The van der Waals surface area contributed by atoms with E-state index in [-0.39, 0.29) is 18.5 Å². The number of pyridine rings is 1. The SMILES string of the molecule is NC(=O)C1CC(CNC(=O)c2ccc(C(F)(F)F)nc2)=NO1. The number of nitrogens with two attached hydrogens (primary N) is 1. The van der Waals surface area contributed by atoms with Gasteiger partial charge in [0, 0.05) is 12.6 Å². The van der Waals surface area contributed by atoms with Gasteiger partial charge in [0.25, 0.3) is 11.8 Å². The average Bonchev–Trinajstić information content (AvgIpc) is 2.93. The Labute approximate surface area is 122 Å². The van der Waals surface area contributed by atoms with Crippen molar-refractivity contribution >= 4 is 17.5 Å². The Hall–Kier alpha value is -2.65. The van der Waals surface area contributed by atoms with Crippen molar-refractivity contribution in [2.75, 3.05) is 6.54 Å². The Morgan fingerprint density at radius 2 is 2.14 bits per heavy atom. The molecule has 0 spiro atoms. The van der Waals surface area contributed by atoms with E-state index in [1.54, 1.807) is 0 Å². The first-order valence-electron chi connectivity index (χ1n) is 6.09. The van der Waals surface area contributed by atoms with Crippen LogP contribution in [0.1, 0.15) is 22.5 Å². The molecule has 7 nitrogen and oxygen atoms in total. The highest BCUT2D eigenvalue weighted by atomic mass is 19.4. The van der Waals surface area contributed by atoms with Crippen molar-refractivity contribution < 1.29 is 27.6 Å². The Bertz CT molecular complexity index is 613. The third-order valence-electron chi connectivity index (χ3n) is 2.82. The summed E-state index contributed by atoms with van der Waals surface area (Å²) in [6, 6.07) is 1.73. The van der Waals surface area contributed by atoms with Crippen molar-refractivity contribution in [3.63, 3.8) is 0 Å². The van der Waals surface area contributed by atoms with Crippen LogP contribution in [0, 0.1) is 0 Å². The van der Waals surface area contributed by atoms with E-state index in [0.29, 0.717) is 11.8 Å². The van der Waals surface area contributed by atoms with Gasteiger partial charge in [-0.2, -0.15) is 13.2 Å². The molecule has 22 heavy (non-hydrogen) atoms. The number of hydrogen-bond acceptors (Lipinski definition) is 5. The Balaban J connectivity index is 1.89. The third kappa shape index (κ3) is 3.71. The van der Waals surface area contributed by atoms with Crippen LogP contribution < -0.4 is 11.1 Å². The molecule has 0 fully saturated rings. The summed E-state index contributed by atoms with van der Waals surface area (Å²) in [6.07, 6.45) is -4.44. The largest absolute Gasteiger partial charge is 0.433 e. The van der Waals surface area contributed by atoms with Crippen LogP contribution in [0.25, 0.3) is 0 Å². The molecule has 0 saturated carbocycles. The normalized spacial score (nSPS) is 17.6. The molecular formula is C12H11F3N4O3. The van der Waals surface area contributed by atoms with Gasteiger partial charge < -0.3 is 15.9 Å². The fourth-order valence-electron chi connectivity index (χ4n) is 1.66. The molecule has 0 saturated heterocycles. The summed E-state index contributed by atoms with van der Waals surface area (Å²) in [5.74, 6) is -1.29. The van der Waals surface area contributed by atoms with Crippen LogP contribution in [0.15, 0.2) is 23.5 Å². The zero-order chi connectivity index (χ0) is 16.3. The van der Waals surface area contributed by atoms with Crippen LogP contribution >= 0.6 is 0 Å². The first-order chi connectivity index (χ1) is 10.3. The molecule has 0 aliphatic carbocycles. The van der Waals surface area contributed by atoms with E-state index in [9.17, 15) is 22.8 Å². The van der Waals surface area contributed by atoms with Gasteiger partial charge in [-0.15, -0.1) is 0 Å². The van der Waals surface area contributed by atoms with Gasteiger partial charge in [-0.3, -0.25) is 14.6 Å². The maximum atomic E-state index is 12.3. The lowest BCUT2D eigenvalue weighted by Gasteiger charge is -2.07. The number of hydrogen-bond donors (Lipinski definition) is 2. The van der Waals surface area contributed by atoms with Crippen molar-refractivity contribution in [2.24, 2.45) is 10.9 Å². The summed E-state index contributed by atoms with van der Waals surface area (Å²) in [6.45, 7) is -0.0103. The topological polar surface area (TPSA) is 107 Å². The number of aromatic nitrogens is 1. The summed E-state index contributed by atoms with van der Waals surface area (Å²) >= 11 is 0. The number of oxime groups is 1. The number of carbonyl (C=O) groups excluding carboxylic acids is 2. The first kappa shape index (κ1) is 15.7. The Kier molecular flexibility index (Phi) is 4.29. The monoisotopic (exact) mass is 316 g/mol. The maximum Gasteiger partial charge on any atom is 0.433 e. The predicted molar refractivity (Wildman–Crippen MR) is 67.7 cm³/mol. The molecule has 0 bridgehead atoms. The minimum atomic E-state index is -4.56. The third-order valence-corrected chi connectivity index (χ3v) is 2.82. The van der Waals surface area contributed by atoms with Crippen molar-refractivity contribution in [2.45, 2.75) is 18.7 Å². The summed E-state index contributed by atoms with van der Waals surface area (Å²) in [7, 11) is 0. The van der Waals surface area contributed by atoms with E-state index in [1.165, 1.54) is 0 Å². The lowest BCUT2D eigenvalue weighted by molar-refractivity contribution is -0.141. The van der Waals surface area contributed by atoms with E-state index < -0.39 is 29.8 Å². The smallest absolute Gasteiger partial charge is 0.382 e. The Morgan fingerprint density at radius 1 is 1.41 bits per heavy atom. The van der Waals surface area contributed by atoms with Crippen molar-refractivity contribution in [3.05, 3.63) is 29.6 Å². The van der Waals surface area contributed by atoms with Gasteiger partial charge in [0.1, 0.15) is 5.69 Å². The van der Waals surface area contributed by atoms with E-state index in [2.05, 4.69) is 15.5 Å². The van der Waals surface area contributed by atoms with Crippen LogP contribution in [-0.2, 0) is 15.8 Å². The molecule has 1 atom stereocenters. The highest BCUT2D eigenvalue weighted by Crippen LogP contribution is 2.27. The number of primary amides is 1. The van der Waals surface area contributed by atoms with E-state index in [0.717, 1.165) is 12.3 Å². The van der Waals surface area contributed by atoms with Gasteiger partial charge in [0.15, 0.2) is 0 Å². The van der Waals surface area contributed by atoms with Crippen LogP contribution in [0.3, 0.4) is 0 Å². The Morgan fingerprint density at radius 3 is 2.64 bits per heavy atom. The number of amides is 2. The molecule has 2 rings (SSSR count). The van der Waals surface area contributed by atoms with Gasteiger partial charge in [-0.05, 0) is 12.1 Å². The van der Waals surface area contributed by atoms with Crippen LogP contribution in [-0.4, -0.2) is 35.2 Å². The first-order valence-corrected chi connectivity index (χ1v) is 6.09. The molecule has 1 aromatic heterocycles. The van der Waals surface area contributed by atoms with Gasteiger partial charge >= 0.3 is 6.18 Å². The molecule has 1 unspecified atom stereocenters. The molecule has 1 aliphatic heterocycles. The zero-order valence-electron chi connectivity index (χ0n) is 11.1. The van der Waals surface area contributed by atoms with Crippen LogP contribution in [0.5, 0.6) is 0 Å². The van der Waals surface area contributed by atoms with Crippen molar-refractivity contribution in [1.82, 2.24) is 10.3 Å². The molecule has 0 aromatic carbocycles. The van der Waals surface area contributed by atoms with Gasteiger partial charge in [-0.25, -0.2) is 0 Å². The summed E-state index contributed by atoms with van der Waals surface area (Å²) < 4.78 is 37.0. The number of halogens is 3. The second-order valence-corrected chi connectivity index (χ2v) is 4.47. The minimum absolute atomic E-state index is 0.0103. The number of nitrogens with one attached hydrogen (secondary N) is 1. The number of carbonyl (C=O) groups is 2. The molecule has 1 aromatic rings. The summed E-state index contributed by atoms with van der Waals surface area (Å²) in [5, 5.41) is 6.02. The number of nitrogens with zero attached hydrogens (tertiary/aromatic N) is 2. The number of alkyl halides is 3. The zero-order valence-corrected chi connectivity index (χ0v) is 11.1. The van der Waals surface area contributed by atoms with Crippen molar-refractivity contribution in [3.8, 4) is 0 Å². The molecule has 2 heterocycles. The van der Waals surface area contributed by atoms with Crippen LogP contribution in [0.4, 0.5) is 13.2 Å². The highest BCUT2D eigenvalue weighted by Gasteiger charge is 2.32. The fraction of sp³-hybridized carbons (Fsp3) is 0.333. The van der Waals surface area contributed by atoms with Gasteiger partial charge in [-0.1, -0.05) is 5.16 Å². The highest BCUT2D eigenvalue weighted by molar-refractivity contribution is 5.99. The van der Waals surface area contributed by atoms with Crippen molar-refractivity contribution in [1.29, 1.82) is 0 Å². The molecular weight excluding hydrogens is 305 g/mol. The number of rotatable bonds is 4. The quantitative estimate of drug-likeness (QED) is 0.841. The molecule has 0 radical (unpaired) electrons. The lowest BCUT2D eigenvalue weighted by Crippen LogP contribution is -2.32. The van der Waals surface area contributed by atoms with E-state index in [1.807, 2.05) is 0 Å². The second kappa shape index (κ2) is 6.00. The molecule has 118 valence electrons. The van der Waals surface area contributed by atoms with Gasteiger partial charge in [0.2, 0.25) is 6.10 Å². The molecule has 1 aliphatic rings. The minimum Gasteiger partial charge on any atom is -0.382 e. The lowest BCUT2D eigenvalue weighted by atomic mass is 10.1. The molecule has 10 heteroatoms. The average molecular weight is 316 g/mol. The summed E-state index contributed by atoms with van der Waals surface area (Å²) in [5.41, 5.74) is 4.32. The molecule has 3 N–H and O–H groups in total. The second-order valence-electron chi connectivity index (χ2n) is 4.47. The fourth-order valence-corrected chi connectivity index (χ4v) is 1.66. The van der Waals surface area contributed by atoms with E-state index >= 15 is 0 Å². The maximum absolute atomic E-state index is 12.3.